The van der Waals surface area contributed by atoms with E-state index in [1.807, 2.05) is 0 Å². The Morgan fingerprint density at radius 2 is 1.89 bits per heavy atom. The zero-order valence-corrected chi connectivity index (χ0v) is 14.3. The summed E-state index contributed by atoms with van der Waals surface area (Å²) in [6, 6.07) is 1.57. The average Bonchev–Trinajstić information content (AvgIpc) is 2.38. The van der Waals surface area contributed by atoms with E-state index in [0.717, 1.165) is 37.8 Å². The van der Waals surface area contributed by atoms with Crippen molar-refractivity contribution in [2.45, 2.75) is 63.7 Å². The molecule has 0 aromatic heterocycles. The molecule has 2 atom stereocenters. The van der Waals surface area contributed by atoms with Gasteiger partial charge in [-0.05, 0) is 17.9 Å². The minimum Gasteiger partial charge on any atom is -0.379 e. The third kappa shape index (κ3) is 4.57. The highest BCUT2D eigenvalue weighted by Gasteiger charge is 2.38. The van der Waals surface area contributed by atoms with Crippen LogP contribution in [0.25, 0.3) is 0 Å². The maximum atomic E-state index is 5.46. The smallest absolute Gasteiger partial charge is 0.0594 e. The summed E-state index contributed by atoms with van der Waals surface area (Å²) in [5.74, 6) is 0.984. The van der Waals surface area contributed by atoms with Gasteiger partial charge in [0.2, 0.25) is 0 Å². The minimum absolute atomic E-state index is 0.951. The molecule has 0 N–H and O–H groups in total. The first-order valence-electron chi connectivity index (χ1n) is 8.42. The summed E-state index contributed by atoms with van der Waals surface area (Å²) in [5.41, 5.74) is 1.10. The molecule has 0 unspecified atom stereocenters. The van der Waals surface area contributed by atoms with Gasteiger partial charge in [0.15, 0.2) is 0 Å². The van der Waals surface area contributed by atoms with Crippen LogP contribution in [0.3, 0.4) is 0 Å². The second kappa shape index (κ2) is 7.23. The van der Waals surface area contributed by atoms with Crippen LogP contribution in [0.1, 0.15) is 39.0 Å². The lowest BCUT2D eigenvalue weighted by atomic mass is 9.99. The molecule has 2 heterocycles. The average molecular weight is 284 g/mol. The van der Waals surface area contributed by atoms with Gasteiger partial charge in [-0.15, -0.1) is 0 Å². The minimum atomic E-state index is -0.963. The van der Waals surface area contributed by atoms with E-state index in [4.69, 9.17) is 4.74 Å². The monoisotopic (exact) mass is 283 g/mol. The van der Waals surface area contributed by atoms with Crippen molar-refractivity contribution < 1.29 is 4.74 Å². The predicted molar refractivity (Wildman–Crippen MR) is 85.5 cm³/mol. The summed E-state index contributed by atoms with van der Waals surface area (Å²) in [5, 5.41) is 0. The summed E-state index contributed by atoms with van der Waals surface area (Å²) in [7, 11) is -0.963. The highest BCUT2D eigenvalue weighted by molar-refractivity contribution is 6.79. The number of unbranched alkanes of at least 4 members (excludes halogenated alkanes) is 1. The van der Waals surface area contributed by atoms with Crippen molar-refractivity contribution in [3.8, 4) is 0 Å². The molecule has 0 spiro atoms. The van der Waals surface area contributed by atoms with Crippen molar-refractivity contribution >= 4 is 8.07 Å². The SMILES string of the molecule is CCCC[C@@H]1CC[C@@H](CN2CCOCC2)C[Si]1(C)C. The number of hydrogen-bond acceptors (Lipinski definition) is 2. The third-order valence-electron chi connectivity index (χ3n) is 5.37. The van der Waals surface area contributed by atoms with Gasteiger partial charge in [0.1, 0.15) is 0 Å². The third-order valence-corrected chi connectivity index (χ3v) is 9.79. The van der Waals surface area contributed by atoms with Crippen LogP contribution < -0.4 is 0 Å². The molecular formula is C16H33NOSi. The lowest BCUT2D eigenvalue weighted by Gasteiger charge is -2.43. The summed E-state index contributed by atoms with van der Waals surface area (Å²) in [4.78, 5) is 2.64. The number of rotatable bonds is 5. The highest BCUT2D eigenvalue weighted by Crippen LogP contribution is 2.43. The fraction of sp³-hybridized carbons (Fsp3) is 1.00. The van der Waals surface area contributed by atoms with Crippen molar-refractivity contribution in [2.75, 3.05) is 32.8 Å². The van der Waals surface area contributed by atoms with Crippen molar-refractivity contribution in [3.63, 3.8) is 0 Å². The maximum Gasteiger partial charge on any atom is 0.0594 e. The van der Waals surface area contributed by atoms with E-state index in [1.54, 1.807) is 6.04 Å². The predicted octanol–water partition coefficient (Wildman–Crippen LogP) is 4.00. The molecule has 0 saturated carbocycles. The first-order valence-corrected chi connectivity index (χ1v) is 11.7. The number of nitrogens with zero attached hydrogens (tertiary/aromatic N) is 1. The van der Waals surface area contributed by atoms with E-state index in [9.17, 15) is 0 Å². The van der Waals surface area contributed by atoms with E-state index in [2.05, 4.69) is 24.9 Å². The van der Waals surface area contributed by atoms with E-state index in [0.29, 0.717) is 0 Å². The first kappa shape index (κ1) is 15.5. The zero-order chi connectivity index (χ0) is 13.7. The molecule has 2 aliphatic heterocycles. The van der Waals surface area contributed by atoms with Gasteiger partial charge in [-0.1, -0.05) is 51.7 Å². The summed E-state index contributed by atoms with van der Waals surface area (Å²) >= 11 is 0. The summed E-state index contributed by atoms with van der Waals surface area (Å²) in [6.45, 7) is 13.2. The van der Waals surface area contributed by atoms with Gasteiger partial charge in [-0.2, -0.15) is 0 Å². The molecule has 0 amide bonds. The molecule has 2 rings (SSSR count). The van der Waals surface area contributed by atoms with Gasteiger partial charge in [0, 0.05) is 19.6 Å². The second-order valence-electron chi connectivity index (χ2n) is 7.39. The van der Waals surface area contributed by atoms with E-state index < -0.39 is 8.07 Å². The highest BCUT2D eigenvalue weighted by atomic mass is 28.3. The Kier molecular flexibility index (Phi) is 5.91. The zero-order valence-electron chi connectivity index (χ0n) is 13.3. The van der Waals surface area contributed by atoms with E-state index in [-0.39, 0.29) is 0 Å². The fourth-order valence-electron chi connectivity index (χ4n) is 4.13. The summed E-state index contributed by atoms with van der Waals surface area (Å²) in [6.07, 6.45) is 7.35. The molecule has 3 heteroatoms. The molecule has 2 nitrogen and oxygen atoms in total. The van der Waals surface area contributed by atoms with Gasteiger partial charge in [0.25, 0.3) is 0 Å². The van der Waals surface area contributed by atoms with Crippen molar-refractivity contribution in [1.82, 2.24) is 4.90 Å². The Morgan fingerprint density at radius 1 is 1.16 bits per heavy atom. The van der Waals surface area contributed by atoms with E-state index >= 15 is 0 Å². The summed E-state index contributed by atoms with van der Waals surface area (Å²) < 4.78 is 5.46. The molecule has 0 aromatic rings. The molecule has 0 radical (unpaired) electrons. The molecule has 0 aliphatic carbocycles. The van der Waals surface area contributed by atoms with Crippen LogP contribution in [0.15, 0.2) is 0 Å². The van der Waals surface area contributed by atoms with Crippen LogP contribution in [-0.2, 0) is 4.74 Å². The quantitative estimate of drug-likeness (QED) is 0.707. The molecular weight excluding hydrogens is 250 g/mol. The van der Waals surface area contributed by atoms with Crippen LogP contribution in [0.4, 0.5) is 0 Å². The van der Waals surface area contributed by atoms with Gasteiger partial charge in [0.05, 0.1) is 21.3 Å². The Labute approximate surface area is 120 Å². The Bertz CT molecular complexity index is 263. The molecule has 19 heavy (non-hydrogen) atoms. The lowest BCUT2D eigenvalue weighted by molar-refractivity contribution is 0.0306. The molecule has 0 aromatic carbocycles. The van der Waals surface area contributed by atoms with Crippen LogP contribution >= 0.6 is 0 Å². The van der Waals surface area contributed by atoms with Gasteiger partial charge in [-0.3, -0.25) is 4.90 Å². The largest absolute Gasteiger partial charge is 0.379 e. The van der Waals surface area contributed by atoms with Gasteiger partial charge >= 0.3 is 0 Å². The molecule has 112 valence electrons. The van der Waals surface area contributed by atoms with Crippen molar-refractivity contribution in [1.29, 1.82) is 0 Å². The molecule has 2 fully saturated rings. The molecule has 0 bridgehead atoms. The number of morpholine rings is 1. The normalized spacial score (nSPS) is 32.4. The first-order chi connectivity index (χ1) is 9.12. The van der Waals surface area contributed by atoms with E-state index in [1.165, 1.54) is 38.6 Å². The maximum absolute atomic E-state index is 5.46. The Hall–Kier alpha value is 0.137. The van der Waals surface area contributed by atoms with Crippen LogP contribution in [-0.4, -0.2) is 45.8 Å². The standard InChI is InChI=1S/C16H33NOSi/c1-4-5-6-16-8-7-15(14-19(16,2)3)13-17-9-11-18-12-10-17/h15-16H,4-14H2,1-3H3/t15-,16+/m0/s1. The number of ether oxygens (including phenoxy) is 1. The topological polar surface area (TPSA) is 12.5 Å². The van der Waals surface area contributed by atoms with Gasteiger partial charge in [-0.25, -0.2) is 0 Å². The van der Waals surface area contributed by atoms with Crippen molar-refractivity contribution in [3.05, 3.63) is 0 Å². The lowest BCUT2D eigenvalue weighted by Crippen LogP contribution is -2.45. The van der Waals surface area contributed by atoms with Gasteiger partial charge < -0.3 is 4.74 Å². The number of hydrogen-bond donors (Lipinski definition) is 0. The molecule has 2 aliphatic rings. The Balaban J connectivity index is 1.79. The van der Waals surface area contributed by atoms with Crippen LogP contribution in [0.2, 0.25) is 24.7 Å². The second-order valence-corrected chi connectivity index (χ2v) is 12.6. The molecule has 2 saturated heterocycles. The van der Waals surface area contributed by atoms with Crippen LogP contribution in [0, 0.1) is 5.92 Å². The fourth-order valence-corrected chi connectivity index (χ4v) is 8.22. The van der Waals surface area contributed by atoms with Crippen molar-refractivity contribution in [2.24, 2.45) is 5.92 Å². The Morgan fingerprint density at radius 3 is 2.53 bits per heavy atom. The van der Waals surface area contributed by atoms with Crippen LogP contribution in [0.5, 0.6) is 0 Å².